The standard InChI is InChI=1S/C16H19N3O/c1-18-8-7-13-4-2-3-5-14(13)15(20)10-12-6-9-19-16(17)11-12/h2-6,9,11,18H,7-8,10H2,1H3,(H2,17,19). The lowest BCUT2D eigenvalue weighted by Gasteiger charge is -2.08. The van der Waals surface area contributed by atoms with Crippen LogP contribution in [0.5, 0.6) is 0 Å². The Morgan fingerprint density at radius 3 is 2.85 bits per heavy atom. The minimum Gasteiger partial charge on any atom is -0.384 e. The van der Waals surface area contributed by atoms with Gasteiger partial charge in [-0.2, -0.15) is 0 Å². The molecule has 1 aromatic heterocycles. The van der Waals surface area contributed by atoms with Crippen LogP contribution in [0.25, 0.3) is 0 Å². The molecule has 0 atom stereocenters. The van der Waals surface area contributed by atoms with E-state index in [4.69, 9.17) is 5.73 Å². The summed E-state index contributed by atoms with van der Waals surface area (Å²) in [5.41, 5.74) is 8.40. The summed E-state index contributed by atoms with van der Waals surface area (Å²) in [6.45, 7) is 0.854. The lowest BCUT2D eigenvalue weighted by molar-refractivity contribution is 0.0992. The SMILES string of the molecule is CNCCc1ccccc1C(=O)Cc1ccnc(N)c1. The molecular weight excluding hydrogens is 250 g/mol. The van der Waals surface area contributed by atoms with Crippen molar-refractivity contribution in [3.8, 4) is 0 Å². The number of hydrogen-bond donors (Lipinski definition) is 2. The Morgan fingerprint density at radius 2 is 2.10 bits per heavy atom. The number of aromatic nitrogens is 1. The Hall–Kier alpha value is -2.20. The summed E-state index contributed by atoms with van der Waals surface area (Å²) in [4.78, 5) is 16.4. The Balaban J connectivity index is 2.16. The fourth-order valence-electron chi connectivity index (χ4n) is 2.15. The number of likely N-dealkylation sites (N-methyl/N-ethyl adjacent to an activating group) is 1. The van der Waals surface area contributed by atoms with Gasteiger partial charge in [0, 0.05) is 18.2 Å². The highest BCUT2D eigenvalue weighted by Crippen LogP contribution is 2.14. The number of carbonyl (C=O) groups excluding carboxylic acids is 1. The van der Waals surface area contributed by atoms with Crippen molar-refractivity contribution in [1.82, 2.24) is 10.3 Å². The van der Waals surface area contributed by atoms with Crippen molar-refractivity contribution in [2.45, 2.75) is 12.8 Å². The maximum Gasteiger partial charge on any atom is 0.167 e. The van der Waals surface area contributed by atoms with Gasteiger partial charge in [0.15, 0.2) is 5.78 Å². The lowest BCUT2D eigenvalue weighted by atomic mass is 9.97. The van der Waals surface area contributed by atoms with Crippen molar-refractivity contribution in [2.75, 3.05) is 19.3 Å². The number of nitrogens with zero attached hydrogens (tertiary/aromatic N) is 1. The predicted octanol–water partition coefficient (Wildman–Crippen LogP) is 1.85. The zero-order valence-corrected chi connectivity index (χ0v) is 11.6. The van der Waals surface area contributed by atoms with Crippen LogP contribution in [0.1, 0.15) is 21.5 Å². The Bertz CT molecular complexity index is 596. The van der Waals surface area contributed by atoms with Crippen LogP contribution < -0.4 is 11.1 Å². The maximum absolute atomic E-state index is 12.4. The van der Waals surface area contributed by atoms with Crippen LogP contribution in [0.3, 0.4) is 0 Å². The Morgan fingerprint density at radius 1 is 1.30 bits per heavy atom. The third-order valence-electron chi connectivity index (χ3n) is 3.17. The molecule has 0 bridgehead atoms. The summed E-state index contributed by atoms with van der Waals surface area (Å²) in [5, 5.41) is 3.10. The number of Topliss-reactive ketones (excluding diaryl/α,β-unsaturated/α-hetero) is 1. The summed E-state index contributed by atoms with van der Waals surface area (Å²) in [5.74, 6) is 0.557. The monoisotopic (exact) mass is 269 g/mol. The van der Waals surface area contributed by atoms with Gasteiger partial charge in [0.05, 0.1) is 0 Å². The molecule has 4 nitrogen and oxygen atoms in total. The summed E-state index contributed by atoms with van der Waals surface area (Å²) in [6, 6.07) is 11.3. The average molecular weight is 269 g/mol. The van der Waals surface area contributed by atoms with E-state index in [0.29, 0.717) is 12.2 Å². The molecule has 0 aliphatic rings. The minimum atomic E-state index is 0.113. The molecule has 0 radical (unpaired) electrons. The predicted molar refractivity (Wildman–Crippen MR) is 80.8 cm³/mol. The number of rotatable bonds is 6. The highest BCUT2D eigenvalue weighted by atomic mass is 16.1. The molecule has 0 saturated heterocycles. The highest BCUT2D eigenvalue weighted by Gasteiger charge is 2.11. The van der Waals surface area contributed by atoms with E-state index >= 15 is 0 Å². The molecule has 0 unspecified atom stereocenters. The van der Waals surface area contributed by atoms with E-state index in [1.807, 2.05) is 37.4 Å². The largest absolute Gasteiger partial charge is 0.384 e. The molecule has 20 heavy (non-hydrogen) atoms. The van der Waals surface area contributed by atoms with E-state index in [-0.39, 0.29) is 5.78 Å². The number of anilines is 1. The molecule has 4 heteroatoms. The molecule has 1 heterocycles. The molecule has 2 rings (SSSR count). The van der Waals surface area contributed by atoms with Crippen LogP contribution in [-0.4, -0.2) is 24.4 Å². The third kappa shape index (κ3) is 3.65. The molecule has 0 spiro atoms. The van der Waals surface area contributed by atoms with E-state index in [9.17, 15) is 4.79 Å². The normalized spacial score (nSPS) is 10.4. The second-order valence-electron chi connectivity index (χ2n) is 4.70. The number of nitrogen functional groups attached to an aromatic ring is 1. The molecule has 0 fully saturated rings. The highest BCUT2D eigenvalue weighted by molar-refractivity contribution is 5.98. The van der Waals surface area contributed by atoms with Crippen molar-refractivity contribution in [3.05, 3.63) is 59.3 Å². The van der Waals surface area contributed by atoms with Gasteiger partial charge in [0.1, 0.15) is 5.82 Å². The number of benzene rings is 1. The first-order valence-electron chi connectivity index (χ1n) is 6.67. The van der Waals surface area contributed by atoms with Gasteiger partial charge in [0.25, 0.3) is 0 Å². The van der Waals surface area contributed by atoms with Gasteiger partial charge >= 0.3 is 0 Å². The van der Waals surface area contributed by atoms with Gasteiger partial charge in [-0.1, -0.05) is 24.3 Å². The summed E-state index contributed by atoms with van der Waals surface area (Å²) in [6.07, 6.45) is 2.82. The second kappa shape index (κ2) is 6.82. The zero-order chi connectivity index (χ0) is 14.4. The summed E-state index contributed by atoms with van der Waals surface area (Å²) < 4.78 is 0. The molecular formula is C16H19N3O. The van der Waals surface area contributed by atoms with Crippen molar-refractivity contribution in [2.24, 2.45) is 0 Å². The van der Waals surface area contributed by atoms with Gasteiger partial charge in [-0.3, -0.25) is 4.79 Å². The number of nitrogens with one attached hydrogen (secondary N) is 1. The van der Waals surface area contributed by atoms with Crippen LogP contribution in [0.15, 0.2) is 42.6 Å². The van der Waals surface area contributed by atoms with E-state index in [2.05, 4.69) is 10.3 Å². The quantitative estimate of drug-likeness (QED) is 0.785. The van der Waals surface area contributed by atoms with E-state index in [1.165, 1.54) is 0 Å². The first kappa shape index (κ1) is 14.2. The van der Waals surface area contributed by atoms with Gasteiger partial charge < -0.3 is 11.1 Å². The van der Waals surface area contributed by atoms with E-state index < -0.39 is 0 Å². The molecule has 2 aromatic rings. The number of hydrogen-bond acceptors (Lipinski definition) is 4. The Labute approximate surface area is 119 Å². The molecule has 0 amide bonds. The first-order valence-corrected chi connectivity index (χ1v) is 6.67. The van der Waals surface area contributed by atoms with Crippen molar-refractivity contribution in [3.63, 3.8) is 0 Å². The minimum absolute atomic E-state index is 0.113. The third-order valence-corrected chi connectivity index (χ3v) is 3.17. The Kier molecular flexibility index (Phi) is 4.85. The average Bonchev–Trinajstić information content (AvgIpc) is 2.45. The van der Waals surface area contributed by atoms with Crippen molar-refractivity contribution < 1.29 is 4.79 Å². The number of ketones is 1. The maximum atomic E-state index is 12.4. The van der Waals surface area contributed by atoms with Gasteiger partial charge in [-0.25, -0.2) is 4.98 Å². The topological polar surface area (TPSA) is 68.0 Å². The van der Waals surface area contributed by atoms with Gasteiger partial charge in [-0.15, -0.1) is 0 Å². The van der Waals surface area contributed by atoms with Crippen molar-refractivity contribution >= 4 is 11.6 Å². The summed E-state index contributed by atoms with van der Waals surface area (Å²) in [7, 11) is 1.91. The smallest absolute Gasteiger partial charge is 0.167 e. The number of carbonyl (C=O) groups is 1. The van der Waals surface area contributed by atoms with Gasteiger partial charge in [0.2, 0.25) is 0 Å². The van der Waals surface area contributed by atoms with E-state index in [1.54, 1.807) is 12.3 Å². The summed E-state index contributed by atoms with van der Waals surface area (Å²) >= 11 is 0. The molecule has 3 N–H and O–H groups in total. The molecule has 0 saturated carbocycles. The zero-order valence-electron chi connectivity index (χ0n) is 11.6. The first-order chi connectivity index (χ1) is 9.70. The molecule has 1 aromatic carbocycles. The molecule has 0 aliphatic carbocycles. The number of nitrogens with two attached hydrogens (primary N) is 1. The fourth-order valence-corrected chi connectivity index (χ4v) is 2.15. The molecule has 0 aliphatic heterocycles. The van der Waals surface area contributed by atoms with Crippen LogP contribution >= 0.6 is 0 Å². The van der Waals surface area contributed by atoms with Crippen LogP contribution in [0.2, 0.25) is 0 Å². The van der Waals surface area contributed by atoms with Gasteiger partial charge in [-0.05, 0) is 43.3 Å². The fraction of sp³-hybridized carbons (Fsp3) is 0.250. The van der Waals surface area contributed by atoms with E-state index in [0.717, 1.165) is 29.7 Å². The number of pyridine rings is 1. The van der Waals surface area contributed by atoms with Crippen molar-refractivity contribution in [1.29, 1.82) is 0 Å². The van der Waals surface area contributed by atoms with Crippen LogP contribution in [0, 0.1) is 0 Å². The van der Waals surface area contributed by atoms with Crippen LogP contribution in [-0.2, 0) is 12.8 Å². The van der Waals surface area contributed by atoms with Crippen LogP contribution in [0.4, 0.5) is 5.82 Å². The second-order valence-corrected chi connectivity index (χ2v) is 4.70. The lowest BCUT2D eigenvalue weighted by Crippen LogP contribution is -2.14. The molecule has 104 valence electrons.